The molecule has 0 N–H and O–H groups in total. The highest BCUT2D eigenvalue weighted by Gasteiger charge is 2.33. The monoisotopic (exact) mass is 539 g/mol. The lowest BCUT2D eigenvalue weighted by Crippen LogP contribution is -2.27. The standard InChI is InChI=1S/C22H22INO3S2/c1-4-9-27-20-17(23)11-15(12-18(20)26-5-2)13-19-21(25)24(22(28)29-19)16-8-6-7-14(3)10-16/h6-8,10-13H,4-5,9H2,1-3H3/b19-13+. The van der Waals surface area contributed by atoms with Crippen LogP contribution in [-0.4, -0.2) is 23.4 Å². The number of amides is 1. The summed E-state index contributed by atoms with van der Waals surface area (Å²) in [5.41, 5.74) is 2.76. The van der Waals surface area contributed by atoms with Crippen molar-refractivity contribution in [2.24, 2.45) is 0 Å². The third-order valence-corrected chi connectivity index (χ3v) is 6.24. The van der Waals surface area contributed by atoms with Crippen molar-refractivity contribution in [2.45, 2.75) is 27.2 Å². The molecule has 2 aromatic carbocycles. The maximum absolute atomic E-state index is 13.0. The topological polar surface area (TPSA) is 38.8 Å². The molecular formula is C22H22INO3S2. The summed E-state index contributed by atoms with van der Waals surface area (Å²) in [5.74, 6) is 1.33. The zero-order valence-corrected chi connectivity index (χ0v) is 20.3. The molecule has 2 aromatic rings. The Balaban J connectivity index is 1.93. The first-order chi connectivity index (χ1) is 13.9. The highest BCUT2D eigenvalue weighted by molar-refractivity contribution is 14.1. The van der Waals surface area contributed by atoms with Gasteiger partial charge in [0.15, 0.2) is 15.8 Å². The highest BCUT2D eigenvalue weighted by Crippen LogP contribution is 2.39. The number of rotatable bonds is 7. The van der Waals surface area contributed by atoms with Gasteiger partial charge in [0.1, 0.15) is 0 Å². The lowest BCUT2D eigenvalue weighted by molar-refractivity contribution is -0.113. The number of carbonyl (C=O) groups is 1. The Bertz CT molecular complexity index is 975. The molecule has 1 amide bonds. The molecule has 0 aromatic heterocycles. The molecule has 0 spiro atoms. The lowest BCUT2D eigenvalue weighted by Gasteiger charge is -2.15. The van der Waals surface area contributed by atoms with Crippen LogP contribution in [0.5, 0.6) is 11.5 Å². The van der Waals surface area contributed by atoms with Gasteiger partial charge in [-0.05, 0) is 84.3 Å². The smallest absolute Gasteiger partial charge is 0.270 e. The van der Waals surface area contributed by atoms with Crippen LogP contribution in [0, 0.1) is 10.5 Å². The van der Waals surface area contributed by atoms with Crippen LogP contribution in [0.2, 0.25) is 0 Å². The van der Waals surface area contributed by atoms with E-state index in [1.165, 1.54) is 11.8 Å². The Labute approximate surface area is 194 Å². The van der Waals surface area contributed by atoms with Crippen LogP contribution in [0.25, 0.3) is 6.08 Å². The van der Waals surface area contributed by atoms with E-state index in [0.29, 0.717) is 28.2 Å². The average molecular weight is 539 g/mol. The van der Waals surface area contributed by atoms with Crippen molar-refractivity contribution in [3.63, 3.8) is 0 Å². The van der Waals surface area contributed by atoms with E-state index in [9.17, 15) is 4.79 Å². The number of anilines is 1. The third kappa shape index (κ3) is 5.13. The molecule has 0 atom stereocenters. The second-order valence-electron chi connectivity index (χ2n) is 6.47. The largest absolute Gasteiger partial charge is 0.490 e. The van der Waals surface area contributed by atoms with Crippen LogP contribution >= 0.6 is 46.6 Å². The molecule has 0 unspecified atom stereocenters. The molecule has 1 aliphatic rings. The van der Waals surface area contributed by atoms with Gasteiger partial charge in [-0.25, -0.2) is 0 Å². The van der Waals surface area contributed by atoms with Crippen LogP contribution in [0.4, 0.5) is 5.69 Å². The number of carbonyl (C=O) groups excluding carboxylic acids is 1. The van der Waals surface area contributed by atoms with Crippen LogP contribution < -0.4 is 14.4 Å². The second kappa shape index (κ2) is 9.95. The van der Waals surface area contributed by atoms with E-state index >= 15 is 0 Å². The molecule has 0 radical (unpaired) electrons. The first-order valence-electron chi connectivity index (χ1n) is 9.38. The van der Waals surface area contributed by atoms with E-state index in [1.807, 2.05) is 56.3 Å². The summed E-state index contributed by atoms with van der Waals surface area (Å²) in [5, 5.41) is 0. The number of hydrogen-bond acceptors (Lipinski definition) is 5. The number of benzene rings is 2. The minimum absolute atomic E-state index is 0.107. The molecule has 152 valence electrons. The van der Waals surface area contributed by atoms with Gasteiger partial charge in [0.05, 0.1) is 27.4 Å². The number of thioether (sulfide) groups is 1. The Kier molecular flexibility index (Phi) is 7.59. The van der Waals surface area contributed by atoms with Crippen LogP contribution in [0.3, 0.4) is 0 Å². The summed E-state index contributed by atoms with van der Waals surface area (Å²) in [6.45, 7) is 7.17. The SMILES string of the molecule is CCCOc1c(I)cc(/C=C2/SC(=S)N(c3cccc(C)c3)C2=O)cc1OCC. The average Bonchev–Trinajstić information content (AvgIpc) is 2.94. The molecule has 0 aliphatic carbocycles. The molecule has 4 nitrogen and oxygen atoms in total. The Morgan fingerprint density at radius 2 is 2.00 bits per heavy atom. The van der Waals surface area contributed by atoms with E-state index in [-0.39, 0.29) is 5.91 Å². The van der Waals surface area contributed by atoms with Crippen molar-refractivity contribution in [3.05, 3.63) is 56.0 Å². The summed E-state index contributed by atoms with van der Waals surface area (Å²) in [4.78, 5) is 15.2. The van der Waals surface area contributed by atoms with Gasteiger partial charge < -0.3 is 9.47 Å². The quantitative estimate of drug-likeness (QED) is 0.238. The van der Waals surface area contributed by atoms with Crippen molar-refractivity contribution in [1.82, 2.24) is 0 Å². The zero-order chi connectivity index (χ0) is 21.0. The van der Waals surface area contributed by atoms with E-state index in [0.717, 1.165) is 32.6 Å². The van der Waals surface area contributed by atoms with Crippen molar-refractivity contribution in [2.75, 3.05) is 18.1 Å². The molecule has 7 heteroatoms. The van der Waals surface area contributed by atoms with Crippen molar-refractivity contribution in [3.8, 4) is 11.5 Å². The predicted octanol–water partition coefficient (Wildman–Crippen LogP) is 6.19. The van der Waals surface area contributed by atoms with Crippen molar-refractivity contribution >= 4 is 68.6 Å². The molecular weight excluding hydrogens is 517 g/mol. The summed E-state index contributed by atoms with van der Waals surface area (Å²) < 4.78 is 13.1. The predicted molar refractivity (Wildman–Crippen MR) is 133 cm³/mol. The van der Waals surface area contributed by atoms with Gasteiger partial charge in [-0.1, -0.05) is 43.0 Å². The molecule has 0 saturated carbocycles. The minimum Gasteiger partial charge on any atom is -0.490 e. The first-order valence-corrected chi connectivity index (χ1v) is 11.7. The Morgan fingerprint density at radius 3 is 2.69 bits per heavy atom. The molecule has 0 bridgehead atoms. The highest BCUT2D eigenvalue weighted by atomic mass is 127. The summed E-state index contributed by atoms with van der Waals surface area (Å²) in [6.07, 6.45) is 2.79. The third-order valence-electron chi connectivity index (χ3n) is 4.13. The first kappa shape index (κ1) is 22.1. The zero-order valence-electron chi connectivity index (χ0n) is 16.5. The fourth-order valence-corrected chi connectivity index (χ4v) is 4.97. The molecule has 1 aliphatic heterocycles. The maximum Gasteiger partial charge on any atom is 0.270 e. The van der Waals surface area contributed by atoms with E-state index in [2.05, 4.69) is 29.5 Å². The van der Waals surface area contributed by atoms with Gasteiger partial charge in [-0.3, -0.25) is 9.69 Å². The number of hydrogen-bond donors (Lipinski definition) is 0. The number of aryl methyl sites for hydroxylation is 1. The van der Waals surface area contributed by atoms with E-state index in [4.69, 9.17) is 21.7 Å². The molecule has 1 saturated heterocycles. The number of thiocarbonyl (C=S) groups is 1. The lowest BCUT2D eigenvalue weighted by atomic mass is 10.1. The normalized spacial score (nSPS) is 15.3. The Morgan fingerprint density at radius 1 is 1.21 bits per heavy atom. The van der Waals surface area contributed by atoms with E-state index < -0.39 is 0 Å². The fraction of sp³-hybridized carbons (Fsp3) is 0.273. The van der Waals surface area contributed by atoms with Gasteiger partial charge in [-0.15, -0.1) is 0 Å². The van der Waals surface area contributed by atoms with Crippen molar-refractivity contribution < 1.29 is 14.3 Å². The van der Waals surface area contributed by atoms with Crippen molar-refractivity contribution in [1.29, 1.82) is 0 Å². The van der Waals surface area contributed by atoms with Crippen LogP contribution in [-0.2, 0) is 4.79 Å². The van der Waals surface area contributed by atoms with Crippen LogP contribution in [0.1, 0.15) is 31.4 Å². The fourth-order valence-electron chi connectivity index (χ4n) is 2.89. The van der Waals surface area contributed by atoms with Gasteiger partial charge >= 0.3 is 0 Å². The number of nitrogens with zero attached hydrogens (tertiary/aromatic N) is 1. The summed E-state index contributed by atoms with van der Waals surface area (Å²) in [7, 11) is 0. The molecule has 1 fully saturated rings. The van der Waals surface area contributed by atoms with Gasteiger partial charge in [0, 0.05) is 0 Å². The molecule has 1 heterocycles. The van der Waals surface area contributed by atoms with Gasteiger partial charge in [-0.2, -0.15) is 0 Å². The summed E-state index contributed by atoms with van der Waals surface area (Å²) >= 11 is 9.04. The van der Waals surface area contributed by atoms with E-state index in [1.54, 1.807) is 4.90 Å². The molecule has 29 heavy (non-hydrogen) atoms. The maximum atomic E-state index is 13.0. The van der Waals surface area contributed by atoms with Gasteiger partial charge in [0.25, 0.3) is 5.91 Å². The number of halogens is 1. The second-order valence-corrected chi connectivity index (χ2v) is 9.31. The van der Waals surface area contributed by atoms with Gasteiger partial charge in [0.2, 0.25) is 0 Å². The number of ether oxygens (including phenoxy) is 2. The minimum atomic E-state index is -0.107. The Hall–Kier alpha value is -1.58. The van der Waals surface area contributed by atoms with Crippen LogP contribution in [0.15, 0.2) is 41.3 Å². The molecule has 3 rings (SSSR count). The summed E-state index contributed by atoms with van der Waals surface area (Å²) in [6, 6.07) is 11.7.